The topological polar surface area (TPSA) is 110 Å². The number of anilines is 1. The second-order valence-corrected chi connectivity index (χ2v) is 8.73. The zero-order valence-corrected chi connectivity index (χ0v) is 23.0. The smallest absolute Gasteiger partial charge is 0.248 e. The molecule has 0 aliphatic carbocycles. The average Bonchev–Trinajstić information content (AvgIpc) is 3.19. The molecule has 2 aromatic carbocycles. The van der Waals surface area contributed by atoms with E-state index in [-0.39, 0.29) is 5.91 Å². The highest BCUT2D eigenvalue weighted by atomic mass is 16.5. The minimum atomic E-state index is -0.298. The predicted molar refractivity (Wildman–Crippen MR) is 148 cm³/mol. The van der Waals surface area contributed by atoms with E-state index in [0.717, 1.165) is 22.5 Å². The highest BCUT2D eigenvalue weighted by Crippen LogP contribution is 2.38. The van der Waals surface area contributed by atoms with Gasteiger partial charge in [-0.3, -0.25) is 4.79 Å². The molecule has 39 heavy (non-hydrogen) atoms. The first kappa shape index (κ1) is 27.2. The van der Waals surface area contributed by atoms with Gasteiger partial charge in [0.25, 0.3) is 0 Å². The second-order valence-electron chi connectivity index (χ2n) is 8.73. The Bertz CT molecular complexity index is 1500. The van der Waals surface area contributed by atoms with Crippen LogP contribution in [0.25, 0.3) is 11.9 Å². The van der Waals surface area contributed by atoms with Crippen LogP contribution in [0.2, 0.25) is 0 Å². The number of benzene rings is 2. The number of nitrogens with one attached hydrogen (secondary N) is 1. The largest absolute Gasteiger partial charge is 0.493 e. The Morgan fingerprint density at radius 3 is 2.13 bits per heavy atom. The Hall–Kier alpha value is -4.86. The van der Waals surface area contributed by atoms with Gasteiger partial charge in [-0.15, -0.1) is 0 Å². The van der Waals surface area contributed by atoms with Crippen LogP contribution in [0.1, 0.15) is 28.3 Å². The van der Waals surface area contributed by atoms with Gasteiger partial charge in [-0.05, 0) is 81.3 Å². The van der Waals surface area contributed by atoms with E-state index in [9.17, 15) is 4.79 Å². The molecule has 0 bridgehead atoms. The van der Waals surface area contributed by atoms with Crippen molar-refractivity contribution in [3.05, 3.63) is 76.9 Å². The summed E-state index contributed by atoms with van der Waals surface area (Å²) in [6, 6.07) is 12.3. The zero-order chi connectivity index (χ0) is 28.1. The van der Waals surface area contributed by atoms with E-state index < -0.39 is 0 Å². The third-order valence-corrected chi connectivity index (χ3v) is 6.13. The summed E-state index contributed by atoms with van der Waals surface area (Å²) in [7, 11) is 4.62. The summed E-state index contributed by atoms with van der Waals surface area (Å²) in [4.78, 5) is 21.4. The molecular weight excluding hydrogens is 498 g/mol. The number of rotatable bonds is 9. The van der Waals surface area contributed by atoms with E-state index in [1.54, 1.807) is 60.1 Å². The molecule has 4 aromatic rings. The minimum Gasteiger partial charge on any atom is -0.493 e. The lowest BCUT2D eigenvalue weighted by molar-refractivity contribution is -0.111. The molecule has 1 N–H and O–H groups in total. The van der Waals surface area contributed by atoms with Gasteiger partial charge in [0, 0.05) is 23.5 Å². The number of aryl methyl sites for hydroxylation is 2. The predicted octanol–water partition coefficient (Wildman–Crippen LogP) is 5.37. The van der Waals surface area contributed by atoms with Crippen molar-refractivity contribution in [2.24, 2.45) is 0 Å². The summed E-state index contributed by atoms with van der Waals surface area (Å²) in [6.45, 7) is 7.80. The molecule has 10 heteroatoms. The fraction of sp³-hybridized carbons (Fsp3) is 0.241. The molecule has 0 aliphatic rings. The van der Waals surface area contributed by atoms with Crippen LogP contribution in [0.5, 0.6) is 28.9 Å². The van der Waals surface area contributed by atoms with E-state index in [0.29, 0.717) is 46.2 Å². The van der Waals surface area contributed by atoms with Crippen LogP contribution in [-0.2, 0) is 4.79 Å². The third-order valence-electron chi connectivity index (χ3n) is 6.13. The van der Waals surface area contributed by atoms with Crippen molar-refractivity contribution in [1.82, 2.24) is 19.7 Å². The number of hydrogen-bond donors (Lipinski definition) is 1. The van der Waals surface area contributed by atoms with Crippen LogP contribution >= 0.6 is 0 Å². The van der Waals surface area contributed by atoms with Crippen molar-refractivity contribution in [2.45, 2.75) is 27.7 Å². The summed E-state index contributed by atoms with van der Waals surface area (Å²) in [5, 5.41) is 7.41. The van der Waals surface area contributed by atoms with Gasteiger partial charge in [0.2, 0.25) is 17.5 Å². The summed E-state index contributed by atoms with van der Waals surface area (Å²) in [6.07, 6.45) is 3.09. The maximum atomic E-state index is 12.5. The Kier molecular flexibility index (Phi) is 8.14. The molecular formula is C29H31N5O5. The van der Waals surface area contributed by atoms with Gasteiger partial charge in [-0.25, -0.2) is 9.67 Å². The molecule has 0 atom stereocenters. The number of aromatic nitrogens is 4. The highest BCUT2D eigenvalue weighted by Gasteiger charge is 2.14. The molecule has 0 aliphatic heterocycles. The van der Waals surface area contributed by atoms with Crippen LogP contribution < -0.4 is 24.3 Å². The summed E-state index contributed by atoms with van der Waals surface area (Å²) in [5.74, 6) is 3.35. The van der Waals surface area contributed by atoms with Gasteiger partial charge < -0.3 is 24.3 Å². The number of methoxy groups -OCH3 is 3. The fourth-order valence-electron chi connectivity index (χ4n) is 3.91. The fourth-order valence-corrected chi connectivity index (χ4v) is 3.91. The quantitative estimate of drug-likeness (QED) is 0.288. The van der Waals surface area contributed by atoms with Crippen molar-refractivity contribution in [2.75, 3.05) is 26.6 Å². The first-order chi connectivity index (χ1) is 18.7. The molecule has 0 spiro atoms. The molecule has 10 nitrogen and oxygen atoms in total. The Morgan fingerprint density at radius 1 is 0.897 bits per heavy atom. The number of carbonyl (C=O) groups is 1. The third kappa shape index (κ3) is 6.18. The van der Waals surface area contributed by atoms with Crippen LogP contribution in [0.15, 0.2) is 48.5 Å². The van der Waals surface area contributed by atoms with Crippen molar-refractivity contribution >= 4 is 17.7 Å². The summed E-state index contributed by atoms with van der Waals surface area (Å²) < 4.78 is 23.8. The van der Waals surface area contributed by atoms with E-state index in [1.165, 1.54) is 27.4 Å². The highest BCUT2D eigenvalue weighted by molar-refractivity contribution is 6.02. The Labute approximate surface area is 227 Å². The van der Waals surface area contributed by atoms with Crippen molar-refractivity contribution in [3.63, 3.8) is 0 Å². The standard InChI is InChI=1S/C29H31N5O5/c1-17-18(2)33-34(19(17)3)26-16-28(31-20(4)30-26)39-23-11-9-22(10-12-23)32-27(35)13-8-21-14-24(36-5)29(38-7)25(15-21)37-6/h8-16H,1-7H3,(H,32,35)/b13-8+. The molecule has 1 amide bonds. The first-order valence-electron chi connectivity index (χ1n) is 12.2. The van der Waals surface area contributed by atoms with Crippen molar-refractivity contribution < 1.29 is 23.7 Å². The van der Waals surface area contributed by atoms with Gasteiger partial charge in [0.15, 0.2) is 17.3 Å². The van der Waals surface area contributed by atoms with Crippen LogP contribution in [0.3, 0.4) is 0 Å². The summed E-state index contributed by atoms with van der Waals surface area (Å²) in [5.41, 5.74) is 4.40. The molecule has 0 saturated carbocycles. The van der Waals surface area contributed by atoms with Crippen LogP contribution in [0, 0.1) is 27.7 Å². The van der Waals surface area contributed by atoms with Crippen LogP contribution in [0.4, 0.5) is 5.69 Å². The molecule has 2 aromatic heterocycles. The van der Waals surface area contributed by atoms with E-state index in [2.05, 4.69) is 20.4 Å². The number of nitrogens with zero attached hydrogens (tertiary/aromatic N) is 4. The molecule has 0 saturated heterocycles. The maximum Gasteiger partial charge on any atom is 0.248 e. The lowest BCUT2D eigenvalue weighted by atomic mass is 10.1. The number of amides is 1. The maximum absolute atomic E-state index is 12.5. The van der Waals surface area contributed by atoms with Gasteiger partial charge in [-0.1, -0.05) is 0 Å². The number of ether oxygens (including phenoxy) is 4. The van der Waals surface area contributed by atoms with Crippen molar-refractivity contribution in [1.29, 1.82) is 0 Å². The molecule has 2 heterocycles. The number of hydrogen-bond acceptors (Lipinski definition) is 8. The van der Waals surface area contributed by atoms with E-state index in [1.807, 2.05) is 20.8 Å². The van der Waals surface area contributed by atoms with Gasteiger partial charge in [0.1, 0.15) is 11.6 Å². The summed E-state index contributed by atoms with van der Waals surface area (Å²) >= 11 is 0. The number of carbonyl (C=O) groups excluding carboxylic acids is 1. The van der Waals surface area contributed by atoms with E-state index in [4.69, 9.17) is 18.9 Å². The molecule has 0 unspecified atom stereocenters. The van der Waals surface area contributed by atoms with Gasteiger partial charge >= 0.3 is 0 Å². The van der Waals surface area contributed by atoms with Gasteiger partial charge in [-0.2, -0.15) is 10.1 Å². The molecule has 0 radical (unpaired) electrons. The monoisotopic (exact) mass is 529 g/mol. The lowest BCUT2D eigenvalue weighted by Crippen LogP contribution is -2.07. The SMILES string of the molecule is COc1cc(/C=C/C(=O)Nc2ccc(Oc3cc(-n4nc(C)c(C)c4C)nc(C)n3)cc2)cc(OC)c1OC. The zero-order valence-electron chi connectivity index (χ0n) is 23.0. The average molecular weight is 530 g/mol. The lowest BCUT2D eigenvalue weighted by Gasteiger charge is -2.12. The second kappa shape index (κ2) is 11.7. The molecule has 202 valence electrons. The molecule has 4 rings (SSSR count). The minimum absolute atomic E-state index is 0.298. The van der Waals surface area contributed by atoms with Gasteiger partial charge in [0.05, 0.1) is 27.0 Å². The van der Waals surface area contributed by atoms with E-state index >= 15 is 0 Å². The molecule has 0 fully saturated rings. The normalized spacial score (nSPS) is 10.9. The Balaban J connectivity index is 1.43. The van der Waals surface area contributed by atoms with Crippen molar-refractivity contribution in [3.8, 4) is 34.7 Å². The van der Waals surface area contributed by atoms with Crippen LogP contribution in [-0.4, -0.2) is 47.0 Å². The Morgan fingerprint density at radius 2 is 1.56 bits per heavy atom. The first-order valence-corrected chi connectivity index (χ1v) is 12.2.